The molecular formula is C6H13N3O. The van der Waals surface area contributed by atoms with E-state index < -0.39 is 5.60 Å². The van der Waals surface area contributed by atoms with Crippen LogP contribution in [0.2, 0.25) is 0 Å². The van der Waals surface area contributed by atoms with Gasteiger partial charge in [-0.3, -0.25) is 0 Å². The van der Waals surface area contributed by atoms with E-state index in [1.54, 1.807) is 0 Å². The second-order valence-electron chi connectivity index (χ2n) is 2.32. The Morgan fingerprint density at radius 3 is 2.30 bits per heavy atom. The van der Waals surface area contributed by atoms with Crippen molar-refractivity contribution >= 4 is 0 Å². The fourth-order valence-corrected chi connectivity index (χ4v) is 0.637. The summed E-state index contributed by atoms with van der Waals surface area (Å²) in [5.41, 5.74) is 7.18. The van der Waals surface area contributed by atoms with Crippen molar-refractivity contribution in [2.75, 3.05) is 6.54 Å². The lowest BCUT2D eigenvalue weighted by molar-refractivity contribution is 0.0415. The Bertz CT molecular complexity index is 136. The molecule has 1 N–H and O–H groups in total. The van der Waals surface area contributed by atoms with Gasteiger partial charge in [0.15, 0.2) is 0 Å². The Hall–Kier alpha value is -0.730. The van der Waals surface area contributed by atoms with E-state index in [9.17, 15) is 5.11 Å². The molecule has 0 bridgehead atoms. The van der Waals surface area contributed by atoms with E-state index in [-0.39, 0.29) is 6.54 Å². The molecule has 0 spiro atoms. The van der Waals surface area contributed by atoms with Gasteiger partial charge in [0, 0.05) is 4.91 Å². The van der Waals surface area contributed by atoms with Crippen LogP contribution in [0.25, 0.3) is 10.4 Å². The molecule has 0 saturated heterocycles. The van der Waals surface area contributed by atoms with Gasteiger partial charge in [-0.25, -0.2) is 0 Å². The molecule has 0 aromatic carbocycles. The van der Waals surface area contributed by atoms with E-state index >= 15 is 0 Å². The summed E-state index contributed by atoms with van der Waals surface area (Å²) in [5, 5.41) is 12.8. The molecule has 0 aromatic heterocycles. The molecule has 4 heteroatoms. The van der Waals surface area contributed by atoms with Gasteiger partial charge in [0.25, 0.3) is 0 Å². The van der Waals surface area contributed by atoms with Crippen LogP contribution in [0.15, 0.2) is 5.11 Å². The second kappa shape index (κ2) is 4.14. The number of hydrogen-bond donors (Lipinski definition) is 1. The number of nitrogens with zero attached hydrogens (tertiary/aromatic N) is 3. The van der Waals surface area contributed by atoms with Crippen LogP contribution < -0.4 is 0 Å². The lowest BCUT2D eigenvalue weighted by Gasteiger charge is -2.21. The SMILES string of the molecule is CCC(O)(CC)CN=[N+]=[N-]. The molecule has 0 saturated carbocycles. The van der Waals surface area contributed by atoms with Crippen LogP contribution in [-0.4, -0.2) is 17.3 Å². The summed E-state index contributed by atoms with van der Waals surface area (Å²) in [6.45, 7) is 3.92. The average molecular weight is 143 g/mol. The van der Waals surface area contributed by atoms with Gasteiger partial charge in [-0.2, -0.15) is 0 Å². The molecule has 0 heterocycles. The largest absolute Gasteiger partial charge is 0.390 e. The fraction of sp³-hybridized carbons (Fsp3) is 1.00. The average Bonchev–Trinajstić information content (AvgIpc) is 2.00. The first-order valence-corrected chi connectivity index (χ1v) is 3.41. The number of hydrogen-bond acceptors (Lipinski definition) is 2. The van der Waals surface area contributed by atoms with Crippen molar-refractivity contribution in [1.29, 1.82) is 0 Å². The van der Waals surface area contributed by atoms with E-state index in [0.717, 1.165) is 0 Å². The van der Waals surface area contributed by atoms with Crippen molar-refractivity contribution in [2.45, 2.75) is 32.3 Å². The highest BCUT2D eigenvalue weighted by atomic mass is 16.3. The van der Waals surface area contributed by atoms with E-state index in [1.165, 1.54) is 0 Å². The van der Waals surface area contributed by atoms with E-state index in [0.29, 0.717) is 12.8 Å². The van der Waals surface area contributed by atoms with Crippen LogP contribution in [0.5, 0.6) is 0 Å². The van der Waals surface area contributed by atoms with Gasteiger partial charge < -0.3 is 5.11 Å². The third-order valence-corrected chi connectivity index (χ3v) is 1.74. The molecule has 0 fully saturated rings. The zero-order valence-electron chi connectivity index (χ0n) is 6.41. The summed E-state index contributed by atoms with van der Waals surface area (Å²) in [4.78, 5) is 2.58. The van der Waals surface area contributed by atoms with Crippen molar-refractivity contribution in [2.24, 2.45) is 5.11 Å². The Balaban J connectivity index is 3.92. The van der Waals surface area contributed by atoms with Crippen LogP contribution in [0.3, 0.4) is 0 Å². The minimum absolute atomic E-state index is 0.177. The predicted molar refractivity (Wildman–Crippen MR) is 39.5 cm³/mol. The molecule has 0 amide bonds. The first-order valence-electron chi connectivity index (χ1n) is 3.41. The van der Waals surface area contributed by atoms with Gasteiger partial charge in [-0.15, -0.1) is 0 Å². The van der Waals surface area contributed by atoms with Crippen molar-refractivity contribution in [3.8, 4) is 0 Å². The molecule has 0 rings (SSSR count). The van der Waals surface area contributed by atoms with Crippen LogP contribution in [-0.2, 0) is 0 Å². The first kappa shape index (κ1) is 9.27. The Morgan fingerprint density at radius 2 is 2.00 bits per heavy atom. The Labute approximate surface area is 60.5 Å². The van der Waals surface area contributed by atoms with E-state index in [1.807, 2.05) is 13.8 Å². The van der Waals surface area contributed by atoms with Crippen molar-refractivity contribution in [1.82, 2.24) is 0 Å². The molecule has 0 aromatic rings. The molecule has 4 nitrogen and oxygen atoms in total. The highest BCUT2D eigenvalue weighted by molar-refractivity contribution is 4.77. The number of rotatable bonds is 4. The van der Waals surface area contributed by atoms with Gasteiger partial charge in [0.1, 0.15) is 0 Å². The Morgan fingerprint density at radius 1 is 1.50 bits per heavy atom. The smallest absolute Gasteiger partial charge is 0.0698 e. The van der Waals surface area contributed by atoms with Crippen LogP contribution in [0, 0.1) is 0 Å². The van der Waals surface area contributed by atoms with Gasteiger partial charge >= 0.3 is 0 Å². The minimum atomic E-state index is -0.785. The molecule has 0 aliphatic heterocycles. The van der Waals surface area contributed by atoms with Gasteiger partial charge in [0.2, 0.25) is 0 Å². The Kier molecular flexibility index (Phi) is 3.84. The quantitative estimate of drug-likeness (QED) is 0.364. The second-order valence-corrected chi connectivity index (χ2v) is 2.32. The summed E-state index contributed by atoms with van der Waals surface area (Å²) in [6.07, 6.45) is 1.25. The van der Waals surface area contributed by atoms with Crippen molar-refractivity contribution in [3.63, 3.8) is 0 Å². The topological polar surface area (TPSA) is 69.0 Å². The minimum Gasteiger partial charge on any atom is -0.390 e. The number of aliphatic hydroxyl groups is 1. The van der Waals surface area contributed by atoms with E-state index in [2.05, 4.69) is 10.0 Å². The van der Waals surface area contributed by atoms with Gasteiger partial charge in [0.05, 0.1) is 12.1 Å². The van der Waals surface area contributed by atoms with Crippen LogP contribution in [0.4, 0.5) is 0 Å². The third kappa shape index (κ3) is 2.71. The standard InChI is InChI=1S/C6H13N3O/c1-3-6(10,4-2)5-8-9-7/h10H,3-5H2,1-2H3. The molecule has 0 aliphatic carbocycles. The van der Waals surface area contributed by atoms with E-state index in [4.69, 9.17) is 5.53 Å². The maximum Gasteiger partial charge on any atom is 0.0698 e. The lowest BCUT2D eigenvalue weighted by atomic mass is 9.98. The van der Waals surface area contributed by atoms with Gasteiger partial charge in [-0.05, 0) is 18.4 Å². The fourth-order valence-electron chi connectivity index (χ4n) is 0.637. The summed E-state index contributed by atoms with van der Waals surface area (Å²) in [6, 6.07) is 0. The monoisotopic (exact) mass is 143 g/mol. The van der Waals surface area contributed by atoms with Gasteiger partial charge in [-0.1, -0.05) is 19.0 Å². The molecule has 0 aliphatic rings. The molecule has 0 radical (unpaired) electrons. The summed E-state index contributed by atoms with van der Waals surface area (Å²) in [7, 11) is 0. The highest BCUT2D eigenvalue weighted by Gasteiger charge is 2.20. The maximum absolute atomic E-state index is 9.50. The normalized spacial score (nSPS) is 10.7. The zero-order chi connectivity index (χ0) is 8.04. The molecule has 10 heavy (non-hydrogen) atoms. The van der Waals surface area contributed by atoms with Crippen molar-refractivity contribution < 1.29 is 5.11 Å². The predicted octanol–water partition coefficient (Wildman–Crippen LogP) is 1.85. The van der Waals surface area contributed by atoms with Crippen LogP contribution in [0.1, 0.15) is 26.7 Å². The maximum atomic E-state index is 9.50. The lowest BCUT2D eigenvalue weighted by Crippen LogP contribution is -2.29. The zero-order valence-corrected chi connectivity index (χ0v) is 6.41. The van der Waals surface area contributed by atoms with Crippen molar-refractivity contribution in [3.05, 3.63) is 10.4 Å². The highest BCUT2D eigenvalue weighted by Crippen LogP contribution is 2.14. The number of azide groups is 1. The molecule has 0 unspecified atom stereocenters. The summed E-state index contributed by atoms with van der Waals surface area (Å²) >= 11 is 0. The molecule has 58 valence electrons. The third-order valence-electron chi connectivity index (χ3n) is 1.74. The molecule has 0 atom stereocenters. The van der Waals surface area contributed by atoms with Crippen LogP contribution >= 0.6 is 0 Å². The summed E-state index contributed by atoms with van der Waals surface area (Å²) in [5.74, 6) is 0. The molecular weight excluding hydrogens is 130 g/mol. The summed E-state index contributed by atoms with van der Waals surface area (Å²) < 4.78 is 0. The first-order chi connectivity index (χ1) is 4.68.